The normalized spacial score (nSPS) is 11.5. The molecule has 25 heavy (non-hydrogen) atoms. The van der Waals surface area contributed by atoms with Crippen LogP contribution in [0.1, 0.15) is 24.0 Å². The van der Waals surface area contributed by atoms with Gasteiger partial charge in [-0.15, -0.1) is 0 Å². The van der Waals surface area contributed by atoms with Crippen molar-refractivity contribution in [2.75, 3.05) is 19.8 Å². The van der Waals surface area contributed by atoms with Crippen molar-refractivity contribution in [2.24, 2.45) is 0 Å². The van der Waals surface area contributed by atoms with Crippen LogP contribution >= 0.6 is 0 Å². The van der Waals surface area contributed by atoms with Crippen molar-refractivity contribution >= 4 is 5.91 Å². The number of rotatable bonds is 8. The smallest absolute Gasteiger partial charge is 0.232 e. The van der Waals surface area contributed by atoms with Gasteiger partial charge in [0.2, 0.25) is 5.91 Å². The predicted octanol–water partition coefficient (Wildman–Crippen LogP) is -1.90. The van der Waals surface area contributed by atoms with E-state index in [1.165, 1.54) is 0 Å². The number of hydrogen-bond acceptors (Lipinski definition) is 3. The number of benzene rings is 1. The van der Waals surface area contributed by atoms with E-state index in [2.05, 4.69) is 0 Å². The molecule has 1 unspecified atom stereocenters. The van der Waals surface area contributed by atoms with Crippen LogP contribution in [-0.2, 0) is 17.9 Å². The van der Waals surface area contributed by atoms with Crippen LogP contribution in [0.4, 0.5) is 0 Å². The van der Waals surface area contributed by atoms with Crippen molar-refractivity contribution in [3.63, 3.8) is 0 Å². The van der Waals surface area contributed by atoms with E-state index in [4.69, 9.17) is 5.11 Å². The van der Waals surface area contributed by atoms with Crippen molar-refractivity contribution < 1.29 is 32.0 Å². The van der Waals surface area contributed by atoms with Crippen molar-refractivity contribution in [3.05, 3.63) is 66.0 Å². The van der Waals surface area contributed by atoms with Gasteiger partial charge < -0.3 is 27.5 Å². The lowest BCUT2D eigenvalue weighted by atomic mass is 9.98. The summed E-state index contributed by atoms with van der Waals surface area (Å²) in [4.78, 5) is 14.6. The van der Waals surface area contributed by atoms with Gasteiger partial charge in [0.1, 0.15) is 6.61 Å². The Morgan fingerprint density at radius 2 is 1.76 bits per heavy atom. The van der Waals surface area contributed by atoms with Crippen LogP contribution in [0.25, 0.3) is 0 Å². The zero-order valence-electron chi connectivity index (χ0n) is 14.4. The quantitative estimate of drug-likeness (QED) is 0.538. The van der Waals surface area contributed by atoms with E-state index in [-0.39, 0.29) is 31.5 Å². The van der Waals surface area contributed by atoms with E-state index >= 15 is 0 Å². The predicted molar refractivity (Wildman–Crippen MR) is 91.1 cm³/mol. The van der Waals surface area contributed by atoms with Crippen LogP contribution < -0.4 is 17.0 Å². The zero-order valence-corrected chi connectivity index (χ0v) is 15.1. The molecule has 0 aliphatic rings. The Hall–Kier alpha value is -1.95. The summed E-state index contributed by atoms with van der Waals surface area (Å²) in [6.07, 6.45) is 3.79. The van der Waals surface area contributed by atoms with Gasteiger partial charge in [-0.2, -0.15) is 0 Å². The molecule has 1 atom stereocenters. The number of carbonyl (C=O) groups excluding carboxylic acids is 1. The molecule has 0 radical (unpaired) electrons. The summed E-state index contributed by atoms with van der Waals surface area (Å²) in [7, 11) is 0. The summed E-state index contributed by atoms with van der Waals surface area (Å²) in [6.45, 7) is 3.46. The number of amides is 1. The van der Waals surface area contributed by atoms with Crippen molar-refractivity contribution in [1.29, 1.82) is 0 Å². The average Bonchev–Trinajstić information content (AvgIpc) is 2.62. The Morgan fingerprint density at radius 3 is 2.28 bits per heavy atom. The molecular formula is C19H25ClN2O3. The minimum absolute atomic E-state index is 0. The van der Waals surface area contributed by atoms with Gasteiger partial charge in [-0.25, -0.2) is 4.57 Å². The molecule has 0 spiro atoms. The third-order valence-corrected chi connectivity index (χ3v) is 4.07. The lowest BCUT2D eigenvalue weighted by Gasteiger charge is -2.25. The zero-order chi connectivity index (χ0) is 17.4. The monoisotopic (exact) mass is 364 g/mol. The van der Waals surface area contributed by atoms with E-state index in [1.807, 2.05) is 66.3 Å². The van der Waals surface area contributed by atoms with Gasteiger partial charge in [-0.3, -0.25) is 4.79 Å². The molecular weight excluding hydrogens is 340 g/mol. The number of aromatic nitrogens is 1. The maximum atomic E-state index is 12.8. The highest BCUT2D eigenvalue weighted by molar-refractivity contribution is 5.83. The summed E-state index contributed by atoms with van der Waals surface area (Å²) in [5, 5.41) is 18.6. The van der Waals surface area contributed by atoms with Crippen LogP contribution in [0, 0.1) is 0 Å². The summed E-state index contributed by atoms with van der Waals surface area (Å²) in [5.74, 6) is -0.604. The number of pyridine rings is 1. The Bertz CT molecular complexity index is 635. The van der Waals surface area contributed by atoms with Gasteiger partial charge >= 0.3 is 0 Å². The first-order valence-electron chi connectivity index (χ1n) is 8.23. The fourth-order valence-corrected chi connectivity index (χ4v) is 2.66. The molecule has 1 aromatic carbocycles. The number of aliphatic hydroxyl groups is 2. The van der Waals surface area contributed by atoms with Gasteiger partial charge in [-0.05, 0) is 18.1 Å². The molecule has 0 saturated carbocycles. The van der Waals surface area contributed by atoms with Crippen LogP contribution in [0.3, 0.4) is 0 Å². The molecule has 5 nitrogen and oxygen atoms in total. The van der Waals surface area contributed by atoms with Crippen molar-refractivity contribution in [2.45, 2.75) is 25.9 Å². The lowest BCUT2D eigenvalue weighted by Crippen LogP contribution is -3.00. The molecule has 1 heterocycles. The lowest BCUT2D eigenvalue weighted by molar-refractivity contribution is -0.698. The minimum atomic E-state index is -0.533. The second-order valence-corrected chi connectivity index (χ2v) is 5.67. The Kier molecular flexibility index (Phi) is 9.13. The first kappa shape index (κ1) is 21.1. The molecule has 0 aliphatic heterocycles. The highest BCUT2D eigenvalue weighted by Crippen LogP contribution is 2.19. The molecule has 2 rings (SSSR count). The second-order valence-electron chi connectivity index (χ2n) is 5.67. The maximum absolute atomic E-state index is 12.8. The summed E-state index contributed by atoms with van der Waals surface area (Å²) in [5.41, 5.74) is 1.85. The molecule has 6 heteroatoms. The van der Waals surface area contributed by atoms with Crippen molar-refractivity contribution in [3.8, 4) is 0 Å². The Labute approximate surface area is 155 Å². The van der Waals surface area contributed by atoms with Crippen LogP contribution in [0.2, 0.25) is 0 Å². The van der Waals surface area contributed by atoms with E-state index in [9.17, 15) is 9.90 Å². The van der Waals surface area contributed by atoms with E-state index in [0.29, 0.717) is 19.6 Å². The topological polar surface area (TPSA) is 64.7 Å². The summed E-state index contributed by atoms with van der Waals surface area (Å²) >= 11 is 0. The fourth-order valence-electron chi connectivity index (χ4n) is 2.66. The van der Waals surface area contributed by atoms with Gasteiger partial charge in [0.25, 0.3) is 0 Å². The summed E-state index contributed by atoms with van der Waals surface area (Å²) < 4.78 is 1.89. The largest absolute Gasteiger partial charge is 1.00 e. The second kappa shape index (κ2) is 10.8. The van der Waals surface area contributed by atoms with E-state index in [0.717, 1.165) is 11.1 Å². The molecule has 0 aliphatic carbocycles. The molecule has 2 aromatic rings. The number of carbonyl (C=O) groups is 1. The van der Waals surface area contributed by atoms with Gasteiger partial charge in [0, 0.05) is 25.2 Å². The Balaban J connectivity index is 0.00000312. The molecule has 0 bridgehead atoms. The van der Waals surface area contributed by atoms with Crippen LogP contribution in [0.5, 0.6) is 0 Å². The number of aliphatic hydroxyl groups excluding tert-OH is 2. The first-order chi connectivity index (χ1) is 11.7. The molecule has 2 N–H and O–H groups in total. The number of nitrogens with zero attached hydrogens (tertiary/aromatic N) is 2. The van der Waals surface area contributed by atoms with E-state index in [1.54, 1.807) is 4.90 Å². The Morgan fingerprint density at radius 1 is 1.12 bits per heavy atom. The third-order valence-electron chi connectivity index (χ3n) is 4.07. The molecule has 136 valence electrons. The molecule has 1 aromatic heterocycles. The minimum Gasteiger partial charge on any atom is -1.00 e. The first-order valence-corrected chi connectivity index (χ1v) is 8.23. The standard InChI is InChI=1S/C19H25N2O3.ClH/c1-2-21(14-16-8-10-20(11-9-16)12-13-22)19(24)18(15-23)17-6-4-3-5-7-17;/h3-11,18,22-23H,2,12-15H2,1H3;1H/q+1;/p-1. The SMILES string of the molecule is CCN(Cc1cc[n+](CCO)cc1)C(=O)C(CO)c1ccccc1.[Cl-]. The van der Waals surface area contributed by atoms with E-state index < -0.39 is 5.92 Å². The molecule has 0 fully saturated rings. The average molecular weight is 365 g/mol. The highest BCUT2D eigenvalue weighted by Gasteiger charge is 2.24. The van der Waals surface area contributed by atoms with Gasteiger partial charge in [-0.1, -0.05) is 30.3 Å². The van der Waals surface area contributed by atoms with Crippen LogP contribution in [-0.4, -0.2) is 40.8 Å². The van der Waals surface area contributed by atoms with Crippen molar-refractivity contribution in [1.82, 2.24) is 4.90 Å². The number of likely N-dealkylation sites (N-methyl/N-ethyl adjacent to an activating group) is 1. The number of halogens is 1. The van der Waals surface area contributed by atoms with Crippen LogP contribution in [0.15, 0.2) is 54.9 Å². The third kappa shape index (κ3) is 5.81. The fraction of sp³-hybridized carbons (Fsp3) is 0.368. The number of hydrogen-bond donors (Lipinski definition) is 2. The van der Waals surface area contributed by atoms with Gasteiger partial charge in [0.15, 0.2) is 18.9 Å². The summed E-state index contributed by atoms with van der Waals surface area (Å²) in [6, 6.07) is 13.3. The maximum Gasteiger partial charge on any atom is 0.232 e. The molecule has 0 saturated heterocycles. The highest BCUT2D eigenvalue weighted by atomic mass is 35.5. The van der Waals surface area contributed by atoms with Gasteiger partial charge in [0.05, 0.1) is 12.5 Å². The molecule has 1 amide bonds.